The maximum absolute atomic E-state index is 11.2. The topological polar surface area (TPSA) is 122 Å². The molecule has 0 unspecified atom stereocenters. The van der Waals surface area contributed by atoms with E-state index in [1.807, 2.05) is 0 Å². The first-order chi connectivity index (χ1) is 13.3. The van der Waals surface area contributed by atoms with Gasteiger partial charge < -0.3 is 20.4 Å². The van der Waals surface area contributed by atoms with E-state index in [4.69, 9.17) is 10.2 Å². The Balaban J connectivity index is 0.00000420. The fraction of sp³-hybridized carbons (Fsp3) is 0.300. The molecule has 2 aromatic carbocycles. The van der Waals surface area contributed by atoms with E-state index in [0.717, 1.165) is 0 Å². The smallest absolute Gasteiger partial charge is 0.508 e. The van der Waals surface area contributed by atoms with Crippen LogP contribution in [-0.4, -0.2) is 68.3 Å². The molecule has 0 aliphatic heterocycles. The van der Waals surface area contributed by atoms with Gasteiger partial charge >= 0.3 is 33.7 Å². The number of hydrogen-bond acceptors (Lipinski definition) is 6. The molecular formula is C20H24N2O6Ti+2. The fourth-order valence-corrected chi connectivity index (χ4v) is 2.86. The van der Waals surface area contributed by atoms with Crippen LogP contribution in [0.4, 0.5) is 0 Å². The summed E-state index contributed by atoms with van der Waals surface area (Å²) in [6.45, 7) is 0.508. The zero-order valence-corrected chi connectivity index (χ0v) is 17.4. The van der Waals surface area contributed by atoms with Crippen LogP contribution >= 0.6 is 0 Å². The van der Waals surface area contributed by atoms with Crippen LogP contribution in [0.15, 0.2) is 48.5 Å². The molecule has 4 N–H and O–H groups in total. The average molecular weight is 436 g/mol. The van der Waals surface area contributed by atoms with Crippen molar-refractivity contribution in [3.05, 3.63) is 59.7 Å². The number of hydrogen-bond donors (Lipinski definition) is 4. The first-order valence-electron chi connectivity index (χ1n) is 8.77. The number of para-hydroxylation sites is 2. The molecule has 0 amide bonds. The number of phenolic OH excluding ortho intramolecular Hbond substituents is 2. The van der Waals surface area contributed by atoms with Crippen molar-refractivity contribution in [3.63, 3.8) is 0 Å². The first kappa shape index (κ1) is 24.7. The van der Waals surface area contributed by atoms with Gasteiger partial charge in [0.2, 0.25) is 0 Å². The molecule has 0 bridgehead atoms. The Kier molecular flexibility index (Phi) is 10.4. The predicted molar refractivity (Wildman–Crippen MR) is 102 cm³/mol. The van der Waals surface area contributed by atoms with E-state index >= 15 is 0 Å². The van der Waals surface area contributed by atoms with Crippen LogP contribution in [0.2, 0.25) is 0 Å². The van der Waals surface area contributed by atoms with Crippen LogP contribution in [0.25, 0.3) is 0 Å². The van der Waals surface area contributed by atoms with Gasteiger partial charge in [0.1, 0.15) is 11.5 Å². The van der Waals surface area contributed by atoms with Gasteiger partial charge in [0.15, 0.2) is 0 Å². The van der Waals surface area contributed by atoms with Crippen LogP contribution < -0.4 is 0 Å². The van der Waals surface area contributed by atoms with Crippen LogP contribution in [0.1, 0.15) is 11.1 Å². The number of phenols is 2. The Bertz CT molecular complexity index is 750. The van der Waals surface area contributed by atoms with E-state index in [9.17, 15) is 19.8 Å². The molecule has 152 valence electrons. The zero-order valence-electron chi connectivity index (χ0n) is 15.9. The third kappa shape index (κ3) is 8.66. The summed E-state index contributed by atoms with van der Waals surface area (Å²) in [6, 6.07) is 13.4. The fourth-order valence-electron chi connectivity index (χ4n) is 2.86. The molecule has 9 heteroatoms. The third-order valence-electron chi connectivity index (χ3n) is 4.22. The molecule has 2 aromatic rings. The quantitative estimate of drug-likeness (QED) is 0.392. The van der Waals surface area contributed by atoms with Crippen LogP contribution in [0.3, 0.4) is 0 Å². The van der Waals surface area contributed by atoms with E-state index in [1.165, 1.54) is 12.1 Å². The largest absolute Gasteiger partial charge is 2.00 e. The van der Waals surface area contributed by atoms with Crippen LogP contribution in [-0.2, 0) is 44.4 Å². The molecule has 0 heterocycles. The number of nitrogens with zero attached hydrogens (tertiary/aromatic N) is 2. The summed E-state index contributed by atoms with van der Waals surface area (Å²) >= 11 is 0. The molecule has 0 radical (unpaired) electrons. The van der Waals surface area contributed by atoms with Crippen LogP contribution in [0.5, 0.6) is 11.5 Å². The number of carboxylic acid groups (broad SMARTS) is 2. The maximum Gasteiger partial charge on any atom is 2.00 e. The van der Waals surface area contributed by atoms with Gasteiger partial charge in [-0.25, -0.2) is 0 Å². The third-order valence-corrected chi connectivity index (χ3v) is 4.22. The normalized spacial score (nSPS) is 10.7. The van der Waals surface area contributed by atoms with Gasteiger partial charge in [-0.2, -0.15) is 0 Å². The summed E-state index contributed by atoms with van der Waals surface area (Å²) in [6.07, 6.45) is 0. The molecule has 8 nitrogen and oxygen atoms in total. The molecule has 0 aliphatic rings. The molecular weight excluding hydrogens is 412 g/mol. The molecule has 0 saturated carbocycles. The second kappa shape index (κ2) is 12.2. The Morgan fingerprint density at radius 3 is 1.34 bits per heavy atom. The van der Waals surface area contributed by atoms with Crippen LogP contribution in [0, 0.1) is 0 Å². The summed E-state index contributed by atoms with van der Waals surface area (Å²) in [7, 11) is 0. The SMILES string of the molecule is O=C(O)CN(CCN(CC(=O)O)Cc1ccccc1O)Cc1ccccc1O.[Ti+2]. The standard InChI is InChI=1S/C20H24N2O6.Ti/c23-17-7-3-1-5-15(17)11-21(13-19(25)26)9-10-22(14-20(27)28)12-16-6-2-4-8-18(16)24;/h1-8,23-24H,9-14H2,(H,25,26)(H,27,28);/q;+2. The molecule has 29 heavy (non-hydrogen) atoms. The molecule has 0 aliphatic carbocycles. The summed E-state index contributed by atoms with van der Waals surface area (Å²) in [5.74, 6) is -1.87. The van der Waals surface area contributed by atoms with E-state index in [2.05, 4.69) is 0 Å². The van der Waals surface area contributed by atoms with Crippen molar-refractivity contribution in [1.82, 2.24) is 9.80 Å². The monoisotopic (exact) mass is 436 g/mol. The van der Waals surface area contributed by atoms with Crippen molar-refractivity contribution in [1.29, 1.82) is 0 Å². The van der Waals surface area contributed by atoms with Gasteiger partial charge in [0.05, 0.1) is 13.1 Å². The van der Waals surface area contributed by atoms with Gasteiger partial charge in [-0.15, -0.1) is 0 Å². The molecule has 2 rings (SSSR count). The molecule has 0 aromatic heterocycles. The van der Waals surface area contributed by atoms with Gasteiger partial charge in [0, 0.05) is 37.3 Å². The number of carbonyl (C=O) groups is 2. The molecule has 0 fully saturated rings. The van der Waals surface area contributed by atoms with Crippen molar-refractivity contribution < 1.29 is 51.7 Å². The molecule has 0 atom stereocenters. The number of aliphatic carboxylic acids is 2. The molecule has 0 saturated heterocycles. The summed E-state index contributed by atoms with van der Waals surface area (Å²) in [5, 5.41) is 38.2. The van der Waals surface area contributed by atoms with Gasteiger partial charge in [-0.1, -0.05) is 36.4 Å². The van der Waals surface area contributed by atoms with E-state index in [1.54, 1.807) is 46.2 Å². The number of aromatic hydroxyl groups is 2. The predicted octanol–water partition coefficient (Wildman–Crippen LogP) is 1.57. The summed E-state index contributed by atoms with van der Waals surface area (Å²) in [4.78, 5) is 25.6. The summed E-state index contributed by atoms with van der Waals surface area (Å²) < 4.78 is 0. The Hall–Kier alpha value is -2.39. The first-order valence-corrected chi connectivity index (χ1v) is 8.77. The average Bonchev–Trinajstić information content (AvgIpc) is 2.62. The Labute approximate surface area is 183 Å². The number of benzene rings is 2. The second-order valence-corrected chi connectivity index (χ2v) is 6.47. The van der Waals surface area contributed by atoms with Crippen molar-refractivity contribution >= 4 is 11.9 Å². The maximum atomic E-state index is 11.2. The van der Waals surface area contributed by atoms with Crippen molar-refractivity contribution in [2.24, 2.45) is 0 Å². The van der Waals surface area contributed by atoms with E-state index in [-0.39, 0.29) is 72.5 Å². The van der Waals surface area contributed by atoms with Gasteiger partial charge in [0.25, 0.3) is 0 Å². The van der Waals surface area contributed by atoms with Crippen molar-refractivity contribution in [2.45, 2.75) is 13.1 Å². The van der Waals surface area contributed by atoms with Crippen molar-refractivity contribution in [2.75, 3.05) is 26.2 Å². The Morgan fingerprint density at radius 2 is 1.03 bits per heavy atom. The molecule has 0 spiro atoms. The van der Waals surface area contributed by atoms with E-state index < -0.39 is 11.9 Å². The minimum atomic E-state index is -1.01. The zero-order chi connectivity index (χ0) is 20.5. The van der Waals surface area contributed by atoms with Gasteiger partial charge in [-0.3, -0.25) is 19.4 Å². The Morgan fingerprint density at radius 1 is 0.690 bits per heavy atom. The van der Waals surface area contributed by atoms with Crippen molar-refractivity contribution in [3.8, 4) is 11.5 Å². The van der Waals surface area contributed by atoms with E-state index in [0.29, 0.717) is 11.1 Å². The second-order valence-electron chi connectivity index (χ2n) is 6.47. The minimum Gasteiger partial charge on any atom is -0.508 e. The summed E-state index contributed by atoms with van der Waals surface area (Å²) in [5.41, 5.74) is 1.18. The number of carboxylic acids is 2. The van der Waals surface area contributed by atoms with Gasteiger partial charge in [-0.05, 0) is 12.1 Å². The number of rotatable bonds is 11. The minimum absolute atomic E-state index is 0.